The van der Waals surface area contributed by atoms with Gasteiger partial charge in [-0.15, -0.1) is 0 Å². The first-order valence-corrected chi connectivity index (χ1v) is 17.2. The average Bonchev–Trinajstić information content (AvgIpc) is 3.14. The first-order chi connectivity index (χ1) is 25.9. The average molecular weight is 757 g/mol. The van der Waals surface area contributed by atoms with Crippen LogP contribution in [0.25, 0.3) is 0 Å². The molecule has 19 heteroatoms. The maximum atomic E-state index is 11.1. The SMILES string of the molecule is CC(=O)Nc1ccc(OCCOCCOCCOCCOCCOCCOCCOCCOCCOCCNc2ccc([N+](=O)[O-])cc2[N+](=O)[O-])cc1. The maximum absolute atomic E-state index is 11.1. The number of rotatable bonds is 35. The molecule has 1 amide bonds. The van der Waals surface area contributed by atoms with Crippen LogP contribution in [-0.4, -0.2) is 148 Å². The smallest absolute Gasteiger partial charge is 0.299 e. The highest BCUT2D eigenvalue weighted by Crippen LogP contribution is 2.28. The highest BCUT2D eigenvalue weighted by atomic mass is 16.6. The fraction of sp³-hybridized carbons (Fsp3) is 0.618. The van der Waals surface area contributed by atoms with Gasteiger partial charge >= 0.3 is 0 Å². The largest absolute Gasteiger partial charge is 0.491 e. The Hall–Kier alpha value is -4.05. The molecule has 0 saturated heterocycles. The van der Waals surface area contributed by atoms with E-state index in [2.05, 4.69) is 10.6 Å². The molecule has 0 fully saturated rings. The molecule has 0 aromatic heterocycles. The van der Waals surface area contributed by atoms with Gasteiger partial charge in [0.25, 0.3) is 11.4 Å². The number of nitrogens with one attached hydrogen (secondary N) is 2. The van der Waals surface area contributed by atoms with Gasteiger partial charge in [-0.2, -0.15) is 0 Å². The van der Waals surface area contributed by atoms with Gasteiger partial charge in [0.15, 0.2) is 0 Å². The van der Waals surface area contributed by atoms with Crippen LogP contribution in [0.5, 0.6) is 5.75 Å². The van der Waals surface area contributed by atoms with Crippen LogP contribution in [0.15, 0.2) is 42.5 Å². The highest BCUT2D eigenvalue weighted by Gasteiger charge is 2.19. The van der Waals surface area contributed by atoms with Crippen molar-refractivity contribution < 1.29 is 62.0 Å². The number of hydrogen-bond donors (Lipinski definition) is 2. The van der Waals surface area contributed by atoms with Crippen molar-refractivity contribution in [1.29, 1.82) is 0 Å². The Morgan fingerprint density at radius 2 is 0.943 bits per heavy atom. The molecule has 2 N–H and O–H groups in total. The molecule has 0 spiro atoms. The van der Waals surface area contributed by atoms with Gasteiger partial charge in [0.1, 0.15) is 18.0 Å². The summed E-state index contributed by atoms with van der Waals surface area (Å²) in [6, 6.07) is 10.5. The summed E-state index contributed by atoms with van der Waals surface area (Å²) in [6.07, 6.45) is 0. The lowest BCUT2D eigenvalue weighted by Gasteiger charge is -2.09. The van der Waals surface area contributed by atoms with Gasteiger partial charge < -0.3 is 58.0 Å². The molecule has 0 radical (unpaired) electrons. The van der Waals surface area contributed by atoms with E-state index in [1.54, 1.807) is 24.3 Å². The van der Waals surface area contributed by atoms with E-state index in [0.717, 1.165) is 11.8 Å². The Bertz CT molecular complexity index is 1270. The lowest BCUT2D eigenvalue weighted by molar-refractivity contribution is -0.393. The van der Waals surface area contributed by atoms with Gasteiger partial charge in [-0.25, -0.2) is 0 Å². The molecule has 0 aliphatic carbocycles. The molecule has 298 valence electrons. The first kappa shape index (κ1) is 45.1. The van der Waals surface area contributed by atoms with Crippen molar-refractivity contribution >= 4 is 28.7 Å². The number of non-ortho nitro benzene ring substituents is 1. The molecule has 0 unspecified atom stereocenters. The van der Waals surface area contributed by atoms with Crippen LogP contribution < -0.4 is 15.4 Å². The monoisotopic (exact) mass is 756 g/mol. The predicted molar refractivity (Wildman–Crippen MR) is 192 cm³/mol. The van der Waals surface area contributed by atoms with Gasteiger partial charge in [0, 0.05) is 25.2 Å². The fourth-order valence-corrected chi connectivity index (χ4v) is 4.11. The first-order valence-electron chi connectivity index (χ1n) is 17.2. The number of nitro benzene ring substituents is 2. The molecule has 2 aromatic carbocycles. The quantitative estimate of drug-likeness (QED) is 0.0586. The van der Waals surface area contributed by atoms with Crippen LogP contribution in [0.1, 0.15) is 6.92 Å². The van der Waals surface area contributed by atoms with E-state index in [4.69, 9.17) is 47.4 Å². The van der Waals surface area contributed by atoms with Crippen LogP contribution in [0.3, 0.4) is 0 Å². The lowest BCUT2D eigenvalue weighted by atomic mass is 10.2. The van der Waals surface area contributed by atoms with E-state index in [9.17, 15) is 25.0 Å². The molecule has 0 atom stereocenters. The van der Waals surface area contributed by atoms with E-state index in [0.29, 0.717) is 125 Å². The Morgan fingerprint density at radius 3 is 1.32 bits per heavy atom. The number of nitrogens with zero attached hydrogens (tertiary/aromatic N) is 2. The van der Waals surface area contributed by atoms with Crippen LogP contribution in [0, 0.1) is 20.2 Å². The van der Waals surface area contributed by atoms with Crippen LogP contribution >= 0.6 is 0 Å². The van der Waals surface area contributed by atoms with E-state index in [-0.39, 0.29) is 36.1 Å². The minimum absolute atomic E-state index is 0.119. The fourth-order valence-electron chi connectivity index (χ4n) is 4.11. The van der Waals surface area contributed by atoms with Crippen molar-refractivity contribution in [2.45, 2.75) is 6.92 Å². The van der Waals surface area contributed by atoms with Gasteiger partial charge in [0.2, 0.25) is 5.91 Å². The van der Waals surface area contributed by atoms with Crippen molar-refractivity contribution in [3.8, 4) is 5.75 Å². The normalized spacial score (nSPS) is 11.0. The summed E-state index contributed by atoms with van der Waals surface area (Å²) in [5, 5.41) is 27.5. The Labute approximate surface area is 308 Å². The van der Waals surface area contributed by atoms with Crippen LogP contribution in [0.2, 0.25) is 0 Å². The van der Waals surface area contributed by atoms with Crippen LogP contribution in [-0.2, 0) is 47.4 Å². The van der Waals surface area contributed by atoms with Crippen LogP contribution in [0.4, 0.5) is 22.7 Å². The zero-order valence-corrected chi connectivity index (χ0v) is 30.2. The van der Waals surface area contributed by atoms with Gasteiger partial charge in [-0.1, -0.05) is 0 Å². The van der Waals surface area contributed by atoms with Crippen molar-refractivity contribution in [3.05, 3.63) is 62.7 Å². The number of benzene rings is 2. The standard InChI is InChI=1S/C34H52N4O15/c1-29(39)36-30-2-5-32(6-3-30)53-27-26-52-25-24-51-23-22-50-21-20-49-19-18-48-17-16-47-15-14-46-13-12-45-11-10-44-9-8-35-33-7-4-31(37(40)41)28-34(33)38(42)43/h2-7,28,35H,8-27H2,1H3,(H,36,39). The molecule has 19 nitrogen and oxygen atoms in total. The number of ether oxygens (including phenoxy) is 10. The van der Waals surface area contributed by atoms with E-state index >= 15 is 0 Å². The highest BCUT2D eigenvalue weighted by molar-refractivity contribution is 5.88. The summed E-state index contributed by atoms with van der Waals surface area (Å²) in [4.78, 5) is 31.6. The minimum Gasteiger partial charge on any atom is -0.491 e. The maximum Gasteiger partial charge on any atom is 0.299 e. The third kappa shape index (κ3) is 24.0. The number of nitro groups is 2. The van der Waals surface area contributed by atoms with Crippen molar-refractivity contribution in [2.24, 2.45) is 0 Å². The topological polar surface area (TPSA) is 220 Å². The number of anilines is 2. The number of hydrogen-bond acceptors (Lipinski definition) is 16. The Morgan fingerprint density at radius 1 is 0.547 bits per heavy atom. The molecule has 0 heterocycles. The second-order valence-corrected chi connectivity index (χ2v) is 10.7. The number of carbonyl (C=O) groups is 1. The van der Waals surface area contributed by atoms with Gasteiger partial charge in [-0.05, 0) is 30.3 Å². The summed E-state index contributed by atoms with van der Waals surface area (Å²) in [5.74, 6) is 0.583. The molecular weight excluding hydrogens is 704 g/mol. The molecule has 0 saturated carbocycles. The molecule has 0 aliphatic heterocycles. The summed E-state index contributed by atoms with van der Waals surface area (Å²) < 4.78 is 54.7. The van der Waals surface area contributed by atoms with Crippen molar-refractivity contribution in [2.75, 3.05) is 143 Å². The molecule has 0 bridgehead atoms. The van der Waals surface area contributed by atoms with E-state index < -0.39 is 9.85 Å². The van der Waals surface area contributed by atoms with Gasteiger partial charge in [-0.3, -0.25) is 25.0 Å². The second kappa shape index (κ2) is 30.4. The third-order valence-electron chi connectivity index (χ3n) is 6.60. The molecular formula is C34H52N4O15. The van der Waals surface area contributed by atoms with E-state index in [1.807, 2.05) is 0 Å². The molecule has 2 aromatic rings. The minimum atomic E-state index is -0.683. The van der Waals surface area contributed by atoms with Gasteiger partial charge in [0.05, 0.1) is 135 Å². The summed E-state index contributed by atoms with van der Waals surface area (Å²) >= 11 is 0. The third-order valence-corrected chi connectivity index (χ3v) is 6.60. The zero-order chi connectivity index (χ0) is 38.2. The number of amides is 1. The summed E-state index contributed by atoms with van der Waals surface area (Å²) in [7, 11) is 0. The number of carbonyl (C=O) groups excluding carboxylic acids is 1. The Kier molecular flexibility index (Phi) is 25.9. The van der Waals surface area contributed by atoms with E-state index in [1.165, 1.54) is 19.1 Å². The zero-order valence-electron chi connectivity index (χ0n) is 30.2. The Balaban J connectivity index is 1.22. The summed E-state index contributed by atoms with van der Waals surface area (Å²) in [5.41, 5.74) is 0.183. The molecule has 0 aliphatic rings. The summed E-state index contributed by atoms with van der Waals surface area (Å²) in [6.45, 7) is 9.83. The van der Waals surface area contributed by atoms with Crippen molar-refractivity contribution in [3.63, 3.8) is 0 Å². The van der Waals surface area contributed by atoms with Crippen molar-refractivity contribution in [1.82, 2.24) is 0 Å². The second-order valence-electron chi connectivity index (χ2n) is 10.7. The molecule has 53 heavy (non-hydrogen) atoms. The predicted octanol–water partition coefficient (Wildman–Crippen LogP) is 3.10. The molecule has 2 rings (SSSR count). The lowest BCUT2D eigenvalue weighted by Crippen LogP contribution is -2.16.